The number of carbonyl (C=O) groups is 2. The molecule has 2 rings (SSSR count). The van der Waals surface area contributed by atoms with E-state index in [9.17, 15) is 19.7 Å². The van der Waals surface area contributed by atoms with Crippen LogP contribution in [0, 0.1) is 10.1 Å². The molecule has 0 heterocycles. The minimum absolute atomic E-state index is 0.0164. The van der Waals surface area contributed by atoms with Crippen molar-refractivity contribution in [1.82, 2.24) is 5.43 Å². The van der Waals surface area contributed by atoms with Crippen molar-refractivity contribution in [2.75, 3.05) is 5.32 Å². The number of non-ortho nitro benzene ring substituents is 1. The lowest BCUT2D eigenvalue weighted by Crippen LogP contribution is -2.17. The second-order valence-corrected chi connectivity index (χ2v) is 5.42. The van der Waals surface area contributed by atoms with E-state index in [1.807, 2.05) is 6.92 Å². The Morgan fingerprint density at radius 1 is 1.12 bits per heavy atom. The van der Waals surface area contributed by atoms with E-state index in [4.69, 9.17) is 0 Å². The molecule has 0 radical (unpaired) electrons. The maximum Gasteiger partial charge on any atom is 0.271 e. The lowest BCUT2D eigenvalue weighted by molar-refractivity contribution is -0.384. The van der Waals surface area contributed by atoms with E-state index in [0.717, 1.165) is 6.42 Å². The highest BCUT2D eigenvalue weighted by Gasteiger charge is 2.06. The van der Waals surface area contributed by atoms with Gasteiger partial charge in [0.05, 0.1) is 11.1 Å². The zero-order valence-electron chi connectivity index (χ0n) is 14.1. The molecule has 2 aromatic rings. The fourth-order valence-corrected chi connectivity index (χ4v) is 2.07. The Bertz CT molecular complexity index is 814. The van der Waals surface area contributed by atoms with Crippen LogP contribution in [-0.2, 0) is 4.79 Å². The van der Waals surface area contributed by atoms with Crippen molar-refractivity contribution in [3.63, 3.8) is 0 Å². The summed E-state index contributed by atoms with van der Waals surface area (Å²) < 4.78 is 0. The first-order chi connectivity index (χ1) is 12.5. The van der Waals surface area contributed by atoms with Crippen LogP contribution < -0.4 is 10.7 Å². The van der Waals surface area contributed by atoms with Crippen LogP contribution in [0.15, 0.2) is 53.6 Å². The maximum absolute atomic E-state index is 12.0. The molecule has 0 spiro atoms. The summed E-state index contributed by atoms with van der Waals surface area (Å²) in [5, 5.41) is 17.1. The van der Waals surface area contributed by atoms with Crippen molar-refractivity contribution in [3.8, 4) is 0 Å². The maximum atomic E-state index is 12.0. The van der Waals surface area contributed by atoms with E-state index in [1.54, 1.807) is 24.3 Å². The second-order valence-electron chi connectivity index (χ2n) is 5.42. The van der Waals surface area contributed by atoms with E-state index in [2.05, 4.69) is 15.8 Å². The second kappa shape index (κ2) is 9.07. The molecule has 0 unspecified atom stereocenters. The lowest BCUT2D eigenvalue weighted by atomic mass is 10.2. The summed E-state index contributed by atoms with van der Waals surface area (Å²) >= 11 is 0. The average Bonchev–Trinajstić information content (AvgIpc) is 2.63. The van der Waals surface area contributed by atoms with Gasteiger partial charge in [-0.1, -0.05) is 6.92 Å². The van der Waals surface area contributed by atoms with Gasteiger partial charge < -0.3 is 5.32 Å². The number of nitro groups is 1. The summed E-state index contributed by atoms with van der Waals surface area (Å²) in [6, 6.07) is 12.2. The minimum Gasteiger partial charge on any atom is -0.326 e. The number of nitrogens with zero attached hydrogens (tertiary/aromatic N) is 2. The summed E-state index contributed by atoms with van der Waals surface area (Å²) in [7, 11) is 0. The van der Waals surface area contributed by atoms with Gasteiger partial charge in [-0.25, -0.2) is 5.43 Å². The van der Waals surface area contributed by atoms with Gasteiger partial charge in [0, 0.05) is 29.8 Å². The van der Waals surface area contributed by atoms with Crippen molar-refractivity contribution in [2.45, 2.75) is 19.8 Å². The fraction of sp³-hybridized carbons (Fsp3) is 0.167. The number of benzene rings is 2. The van der Waals surface area contributed by atoms with E-state index >= 15 is 0 Å². The van der Waals surface area contributed by atoms with Crippen LogP contribution in [-0.4, -0.2) is 23.0 Å². The van der Waals surface area contributed by atoms with Crippen LogP contribution >= 0.6 is 0 Å². The van der Waals surface area contributed by atoms with Gasteiger partial charge in [-0.15, -0.1) is 0 Å². The van der Waals surface area contributed by atoms with Gasteiger partial charge in [-0.05, 0) is 48.4 Å². The van der Waals surface area contributed by atoms with E-state index in [0.29, 0.717) is 23.2 Å². The molecule has 0 aliphatic rings. The molecule has 2 amide bonds. The van der Waals surface area contributed by atoms with Gasteiger partial charge in [0.15, 0.2) is 0 Å². The third-order valence-electron chi connectivity index (χ3n) is 3.39. The predicted octanol–water partition coefficient (Wildman–Crippen LogP) is 3.10. The highest BCUT2D eigenvalue weighted by molar-refractivity contribution is 5.96. The lowest BCUT2D eigenvalue weighted by Gasteiger charge is -2.05. The molecule has 2 aromatic carbocycles. The first-order valence-corrected chi connectivity index (χ1v) is 7.97. The fourth-order valence-electron chi connectivity index (χ4n) is 2.07. The number of rotatable bonds is 7. The SMILES string of the molecule is CCCC(=O)Nc1ccc(C(=O)NN=Cc2ccc([N+](=O)[O-])cc2)cc1. The number of nitrogens with one attached hydrogen (secondary N) is 2. The number of hydrogen-bond donors (Lipinski definition) is 2. The van der Waals surface area contributed by atoms with Gasteiger partial charge in [0.25, 0.3) is 11.6 Å². The van der Waals surface area contributed by atoms with E-state index in [1.165, 1.54) is 30.5 Å². The zero-order valence-corrected chi connectivity index (χ0v) is 14.1. The number of hydrogen-bond acceptors (Lipinski definition) is 5. The molecule has 0 aliphatic carbocycles. The van der Waals surface area contributed by atoms with Crippen LogP contribution in [0.3, 0.4) is 0 Å². The summed E-state index contributed by atoms with van der Waals surface area (Å²) in [6.45, 7) is 1.92. The van der Waals surface area contributed by atoms with Gasteiger partial charge in [-0.3, -0.25) is 19.7 Å². The molecule has 8 nitrogen and oxygen atoms in total. The normalized spacial score (nSPS) is 10.5. The van der Waals surface area contributed by atoms with Crippen molar-refractivity contribution < 1.29 is 14.5 Å². The first kappa shape index (κ1) is 18.8. The molecule has 134 valence electrons. The molecule has 0 saturated carbocycles. The number of hydrazone groups is 1. The number of amides is 2. The van der Waals surface area contributed by atoms with E-state index < -0.39 is 10.8 Å². The van der Waals surface area contributed by atoms with Crippen molar-refractivity contribution in [1.29, 1.82) is 0 Å². The molecular formula is C18H18N4O4. The monoisotopic (exact) mass is 354 g/mol. The standard InChI is InChI=1S/C18H18N4O4/c1-2-3-17(23)20-15-8-6-14(7-9-15)18(24)21-19-12-13-4-10-16(11-5-13)22(25)26/h4-12H,2-3H2,1H3,(H,20,23)(H,21,24). The van der Waals surface area contributed by atoms with Gasteiger partial charge >= 0.3 is 0 Å². The molecule has 26 heavy (non-hydrogen) atoms. The summed E-state index contributed by atoms with van der Waals surface area (Å²) in [4.78, 5) is 33.6. The first-order valence-electron chi connectivity index (χ1n) is 7.97. The zero-order chi connectivity index (χ0) is 18.9. The third kappa shape index (κ3) is 5.52. The Labute approximate surface area is 150 Å². The van der Waals surface area contributed by atoms with Crippen molar-refractivity contribution >= 4 is 29.4 Å². The van der Waals surface area contributed by atoms with Gasteiger partial charge in [0.2, 0.25) is 5.91 Å². The Hall–Kier alpha value is -3.55. The Kier molecular flexibility index (Phi) is 6.55. The Morgan fingerprint density at radius 3 is 2.35 bits per heavy atom. The van der Waals surface area contributed by atoms with E-state index in [-0.39, 0.29) is 11.6 Å². The number of nitro benzene ring substituents is 1. The smallest absolute Gasteiger partial charge is 0.271 e. The molecule has 0 saturated heterocycles. The molecular weight excluding hydrogens is 336 g/mol. The summed E-state index contributed by atoms with van der Waals surface area (Å²) in [6.07, 6.45) is 2.60. The Balaban J connectivity index is 1.90. The van der Waals surface area contributed by atoms with Crippen molar-refractivity contribution in [3.05, 3.63) is 69.8 Å². The molecule has 0 fully saturated rings. The predicted molar refractivity (Wildman–Crippen MR) is 98.1 cm³/mol. The molecule has 0 atom stereocenters. The van der Waals surface area contributed by atoms with Crippen LogP contribution in [0.2, 0.25) is 0 Å². The van der Waals surface area contributed by atoms with Crippen LogP contribution in [0.25, 0.3) is 0 Å². The quantitative estimate of drug-likeness (QED) is 0.452. The topological polar surface area (TPSA) is 114 Å². The van der Waals surface area contributed by atoms with Crippen LogP contribution in [0.5, 0.6) is 0 Å². The average molecular weight is 354 g/mol. The summed E-state index contributed by atoms with van der Waals surface area (Å²) in [5.41, 5.74) is 3.98. The molecule has 0 bridgehead atoms. The largest absolute Gasteiger partial charge is 0.326 e. The summed E-state index contributed by atoms with van der Waals surface area (Å²) in [5.74, 6) is -0.480. The molecule has 8 heteroatoms. The molecule has 2 N–H and O–H groups in total. The minimum atomic E-state index is -0.489. The Morgan fingerprint density at radius 2 is 1.77 bits per heavy atom. The van der Waals surface area contributed by atoms with Gasteiger partial charge in [0.1, 0.15) is 0 Å². The highest BCUT2D eigenvalue weighted by atomic mass is 16.6. The number of anilines is 1. The molecule has 0 aliphatic heterocycles. The molecule has 0 aromatic heterocycles. The third-order valence-corrected chi connectivity index (χ3v) is 3.39. The van der Waals surface area contributed by atoms with Crippen LogP contribution in [0.1, 0.15) is 35.7 Å². The van der Waals surface area contributed by atoms with Crippen molar-refractivity contribution in [2.24, 2.45) is 5.10 Å². The number of carbonyl (C=O) groups excluding carboxylic acids is 2. The van der Waals surface area contributed by atoms with Crippen LogP contribution in [0.4, 0.5) is 11.4 Å². The van der Waals surface area contributed by atoms with Gasteiger partial charge in [-0.2, -0.15) is 5.10 Å². The highest BCUT2D eigenvalue weighted by Crippen LogP contribution is 2.11.